The maximum atomic E-state index is 5.53. The lowest BCUT2D eigenvalue weighted by Gasteiger charge is -2.15. The Kier molecular flexibility index (Phi) is 11.7. The van der Waals surface area contributed by atoms with E-state index in [0.717, 1.165) is 19.4 Å². The molecule has 0 aliphatic carbocycles. The van der Waals surface area contributed by atoms with Crippen molar-refractivity contribution in [2.24, 2.45) is 0 Å². The molecule has 3 heteroatoms. The maximum Gasteiger partial charge on any atom is 0.170 e. The summed E-state index contributed by atoms with van der Waals surface area (Å²) in [6.07, 6.45) is 7.73. The van der Waals surface area contributed by atoms with Gasteiger partial charge >= 0.3 is 0 Å². The van der Waals surface area contributed by atoms with Crippen molar-refractivity contribution in [3.05, 3.63) is 0 Å². The average molecular weight is 220 g/mol. The van der Waals surface area contributed by atoms with Crippen LogP contribution in [0.15, 0.2) is 0 Å². The molecule has 0 rings (SSSR count). The van der Waals surface area contributed by atoms with Crippen LogP contribution in [0.1, 0.15) is 52.9 Å². The summed E-state index contributed by atoms with van der Waals surface area (Å²) in [5, 5.41) is 0. The van der Waals surface area contributed by atoms with Gasteiger partial charge in [-0.2, -0.15) is 0 Å². The Morgan fingerprint density at radius 1 is 0.786 bits per heavy atom. The molecule has 0 atom stereocenters. The van der Waals surface area contributed by atoms with Crippen LogP contribution < -0.4 is 0 Å². The van der Waals surface area contributed by atoms with E-state index in [4.69, 9.17) is 9.05 Å². The largest absolute Gasteiger partial charge is 0.334 e. The Bertz CT molecular complexity index is 103. The summed E-state index contributed by atoms with van der Waals surface area (Å²) in [6, 6.07) is 0. The zero-order valence-corrected chi connectivity index (χ0v) is 10.8. The van der Waals surface area contributed by atoms with Crippen LogP contribution in [0.2, 0.25) is 0 Å². The van der Waals surface area contributed by atoms with E-state index in [1.54, 1.807) is 0 Å². The van der Waals surface area contributed by atoms with Crippen LogP contribution in [-0.4, -0.2) is 19.4 Å². The van der Waals surface area contributed by atoms with Crippen LogP contribution >= 0.6 is 8.38 Å². The third kappa shape index (κ3) is 8.93. The van der Waals surface area contributed by atoms with E-state index in [0.29, 0.717) is 0 Å². The van der Waals surface area contributed by atoms with Crippen molar-refractivity contribution in [3.63, 3.8) is 0 Å². The van der Waals surface area contributed by atoms with Gasteiger partial charge in [-0.3, -0.25) is 0 Å². The van der Waals surface area contributed by atoms with Crippen LogP contribution in [0, 0.1) is 0 Å². The molecule has 0 amide bonds. The standard InChI is InChI=1S/C11H25O2P/c1-4-7-8-9-10-11-14(12-5-2)13-6-3/h4-11H2,1-3H3. The van der Waals surface area contributed by atoms with Gasteiger partial charge in [-0.25, -0.2) is 0 Å². The summed E-state index contributed by atoms with van der Waals surface area (Å²) in [5.74, 6) is 0. The highest BCUT2D eigenvalue weighted by molar-refractivity contribution is 7.47. The molecule has 0 unspecified atom stereocenters. The van der Waals surface area contributed by atoms with Crippen molar-refractivity contribution >= 4 is 8.38 Å². The molecular formula is C11H25O2P. The summed E-state index contributed by atoms with van der Waals surface area (Å²) < 4.78 is 11.1. The van der Waals surface area contributed by atoms with Crippen molar-refractivity contribution in [1.29, 1.82) is 0 Å². The lowest BCUT2D eigenvalue weighted by molar-refractivity contribution is 0.268. The Balaban J connectivity index is 3.30. The smallest absolute Gasteiger partial charge is 0.170 e. The first-order chi connectivity index (χ1) is 6.85. The molecular weight excluding hydrogens is 195 g/mol. The molecule has 0 aromatic heterocycles. The highest BCUT2D eigenvalue weighted by Gasteiger charge is 2.07. The third-order valence-electron chi connectivity index (χ3n) is 1.99. The molecule has 0 heterocycles. The molecule has 2 nitrogen and oxygen atoms in total. The van der Waals surface area contributed by atoms with Gasteiger partial charge in [0.15, 0.2) is 8.38 Å². The normalized spacial score (nSPS) is 11.1. The molecule has 0 bridgehead atoms. The second-order valence-electron chi connectivity index (χ2n) is 3.31. The summed E-state index contributed by atoms with van der Waals surface area (Å²) >= 11 is 0. The topological polar surface area (TPSA) is 18.5 Å². The Hall–Kier alpha value is 0.350. The van der Waals surface area contributed by atoms with Crippen LogP contribution in [0.4, 0.5) is 0 Å². The first-order valence-electron chi connectivity index (χ1n) is 5.88. The second-order valence-corrected chi connectivity index (χ2v) is 4.94. The summed E-state index contributed by atoms with van der Waals surface area (Å²) in [5.41, 5.74) is 0. The number of unbranched alkanes of at least 4 members (excludes halogenated alkanes) is 4. The minimum absolute atomic E-state index is 0.582. The molecule has 0 aliphatic rings. The van der Waals surface area contributed by atoms with Crippen molar-refractivity contribution in [2.75, 3.05) is 19.4 Å². The Labute approximate surface area is 90.3 Å². The van der Waals surface area contributed by atoms with E-state index in [1.807, 2.05) is 13.8 Å². The van der Waals surface area contributed by atoms with E-state index in [2.05, 4.69) is 6.92 Å². The highest BCUT2D eigenvalue weighted by Crippen LogP contribution is 2.38. The molecule has 0 aliphatic heterocycles. The average Bonchev–Trinajstić information content (AvgIpc) is 2.18. The fourth-order valence-corrected chi connectivity index (χ4v) is 2.69. The first-order valence-corrected chi connectivity index (χ1v) is 7.24. The molecule has 0 saturated carbocycles. The predicted molar refractivity (Wildman–Crippen MR) is 63.8 cm³/mol. The van der Waals surface area contributed by atoms with E-state index < -0.39 is 8.38 Å². The molecule has 0 aromatic rings. The van der Waals surface area contributed by atoms with Gasteiger partial charge in [0.2, 0.25) is 0 Å². The molecule has 0 radical (unpaired) electrons. The Morgan fingerprint density at radius 3 is 1.86 bits per heavy atom. The molecule has 0 N–H and O–H groups in total. The van der Waals surface area contributed by atoms with Gasteiger partial charge in [0, 0.05) is 6.16 Å². The zero-order chi connectivity index (χ0) is 10.6. The van der Waals surface area contributed by atoms with Gasteiger partial charge < -0.3 is 9.05 Å². The summed E-state index contributed by atoms with van der Waals surface area (Å²) in [7, 11) is -0.582. The van der Waals surface area contributed by atoms with Crippen LogP contribution in [0.25, 0.3) is 0 Å². The quantitative estimate of drug-likeness (QED) is 0.402. The Morgan fingerprint density at radius 2 is 1.36 bits per heavy atom. The summed E-state index contributed by atoms with van der Waals surface area (Å²) in [6.45, 7) is 7.87. The fourth-order valence-electron chi connectivity index (χ4n) is 1.30. The van der Waals surface area contributed by atoms with Crippen molar-refractivity contribution < 1.29 is 9.05 Å². The lowest BCUT2D eigenvalue weighted by atomic mass is 10.2. The van der Waals surface area contributed by atoms with Crippen molar-refractivity contribution in [1.82, 2.24) is 0 Å². The fraction of sp³-hybridized carbons (Fsp3) is 1.00. The van der Waals surface area contributed by atoms with Crippen LogP contribution in [-0.2, 0) is 9.05 Å². The number of rotatable bonds is 10. The predicted octanol–water partition coefficient (Wildman–Crippen LogP) is 4.34. The van der Waals surface area contributed by atoms with E-state index in [-0.39, 0.29) is 0 Å². The van der Waals surface area contributed by atoms with E-state index in [1.165, 1.54) is 32.1 Å². The second kappa shape index (κ2) is 11.4. The third-order valence-corrected chi connectivity index (χ3v) is 3.76. The van der Waals surface area contributed by atoms with Gasteiger partial charge in [0.25, 0.3) is 0 Å². The van der Waals surface area contributed by atoms with Gasteiger partial charge in [-0.05, 0) is 20.3 Å². The molecule has 0 aromatic carbocycles. The monoisotopic (exact) mass is 220 g/mol. The van der Waals surface area contributed by atoms with Crippen molar-refractivity contribution in [2.45, 2.75) is 52.9 Å². The van der Waals surface area contributed by atoms with Crippen LogP contribution in [0.5, 0.6) is 0 Å². The number of hydrogen-bond acceptors (Lipinski definition) is 2. The molecule has 86 valence electrons. The van der Waals surface area contributed by atoms with Gasteiger partial charge in [0.1, 0.15) is 0 Å². The lowest BCUT2D eigenvalue weighted by Crippen LogP contribution is -1.95. The molecule has 0 saturated heterocycles. The minimum atomic E-state index is -0.582. The van der Waals surface area contributed by atoms with E-state index >= 15 is 0 Å². The van der Waals surface area contributed by atoms with Crippen LogP contribution in [0.3, 0.4) is 0 Å². The molecule has 14 heavy (non-hydrogen) atoms. The molecule has 0 fully saturated rings. The molecule has 0 spiro atoms. The van der Waals surface area contributed by atoms with Gasteiger partial charge in [-0.15, -0.1) is 0 Å². The highest BCUT2D eigenvalue weighted by atomic mass is 31.2. The minimum Gasteiger partial charge on any atom is -0.334 e. The number of hydrogen-bond donors (Lipinski definition) is 0. The van der Waals surface area contributed by atoms with Crippen molar-refractivity contribution in [3.8, 4) is 0 Å². The first kappa shape index (κ1) is 14.3. The summed E-state index contributed by atoms with van der Waals surface area (Å²) in [4.78, 5) is 0. The maximum absolute atomic E-state index is 5.53. The zero-order valence-electron chi connectivity index (χ0n) is 9.92. The SMILES string of the molecule is CCCCCCCP(OCC)OCC. The van der Waals surface area contributed by atoms with Gasteiger partial charge in [0.05, 0.1) is 13.2 Å². The van der Waals surface area contributed by atoms with Gasteiger partial charge in [-0.1, -0.05) is 32.6 Å². The van der Waals surface area contributed by atoms with E-state index in [9.17, 15) is 0 Å².